The number of carbonyl (C=O) groups excluding carboxylic acids is 1. The highest BCUT2D eigenvalue weighted by Crippen LogP contribution is 2.29. The van der Waals surface area contributed by atoms with E-state index in [0.717, 1.165) is 14.3 Å². The molecule has 0 aliphatic rings. The van der Waals surface area contributed by atoms with E-state index in [9.17, 15) is 13.2 Å². The van der Waals surface area contributed by atoms with Crippen LogP contribution in [0.3, 0.4) is 0 Å². The molecule has 0 aliphatic heterocycles. The number of anilines is 1. The Morgan fingerprint density at radius 2 is 1.72 bits per heavy atom. The normalized spacial score (nSPS) is 11.8. The van der Waals surface area contributed by atoms with Crippen molar-refractivity contribution in [3.63, 3.8) is 0 Å². The topological polar surface area (TPSA) is 78.8 Å². The summed E-state index contributed by atoms with van der Waals surface area (Å²) >= 11 is 9.50. The van der Waals surface area contributed by atoms with E-state index in [2.05, 4.69) is 26.5 Å². The van der Waals surface area contributed by atoms with E-state index >= 15 is 0 Å². The third-order valence-corrected chi connectivity index (χ3v) is 7.21. The number of nitrogens with zero attached hydrogens (tertiary/aromatic N) is 2. The first-order chi connectivity index (χ1) is 15.2. The fraction of sp³-hybridized carbons (Fsp3) is 0.130. The van der Waals surface area contributed by atoms with Gasteiger partial charge in [-0.3, -0.25) is 9.10 Å². The molecule has 0 spiro atoms. The molecule has 32 heavy (non-hydrogen) atoms. The van der Waals surface area contributed by atoms with Crippen molar-refractivity contribution in [2.45, 2.75) is 18.7 Å². The van der Waals surface area contributed by atoms with E-state index in [1.807, 2.05) is 24.3 Å². The van der Waals surface area contributed by atoms with Crippen LogP contribution >= 0.6 is 27.5 Å². The highest BCUT2D eigenvalue weighted by molar-refractivity contribution is 9.10. The highest BCUT2D eigenvalue weighted by Gasteiger charge is 2.28. The summed E-state index contributed by atoms with van der Waals surface area (Å²) in [7, 11) is -4.02. The summed E-state index contributed by atoms with van der Waals surface area (Å²) in [4.78, 5) is 12.8. The maximum atomic E-state index is 13.4. The SMILES string of the molecule is C/C(=N/NC(=O)CN(c1cc(Cl)ccc1C)S(=O)(=O)c1ccccc1)c1ccc(Br)cc1. The molecular formula is C23H21BrClN3O3S. The van der Waals surface area contributed by atoms with Crippen molar-refractivity contribution in [2.24, 2.45) is 5.10 Å². The van der Waals surface area contributed by atoms with Gasteiger partial charge in [0.25, 0.3) is 15.9 Å². The van der Waals surface area contributed by atoms with Crippen LogP contribution in [0.15, 0.2) is 87.3 Å². The van der Waals surface area contributed by atoms with E-state index in [0.29, 0.717) is 22.0 Å². The number of hydrogen-bond acceptors (Lipinski definition) is 4. The molecule has 9 heteroatoms. The minimum Gasteiger partial charge on any atom is -0.271 e. The number of rotatable bonds is 7. The van der Waals surface area contributed by atoms with Crippen molar-refractivity contribution < 1.29 is 13.2 Å². The summed E-state index contributed by atoms with van der Waals surface area (Å²) < 4.78 is 28.7. The Bertz CT molecular complexity index is 1250. The Morgan fingerprint density at radius 1 is 1.06 bits per heavy atom. The van der Waals surface area contributed by atoms with Crippen LogP contribution in [0, 0.1) is 6.92 Å². The van der Waals surface area contributed by atoms with Crippen molar-refractivity contribution in [1.29, 1.82) is 0 Å². The van der Waals surface area contributed by atoms with Crippen LogP contribution in [0.5, 0.6) is 0 Å². The molecule has 166 valence electrons. The van der Waals surface area contributed by atoms with Gasteiger partial charge in [-0.25, -0.2) is 13.8 Å². The maximum Gasteiger partial charge on any atom is 0.264 e. The van der Waals surface area contributed by atoms with Crippen LogP contribution in [0.1, 0.15) is 18.1 Å². The Morgan fingerprint density at radius 3 is 2.38 bits per heavy atom. The van der Waals surface area contributed by atoms with Crippen molar-refractivity contribution in [1.82, 2.24) is 5.43 Å². The molecule has 0 aliphatic carbocycles. The molecule has 0 unspecified atom stereocenters. The summed E-state index contributed by atoms with van der Waals surface area (Å²) in [6.07, 6.45) is 0. The summed E-state index contributed by atoms with van der Waals surface area (Å²) in [5.74, 6) is -0.583. The summed E-state index contributed by atoms with van der Waals surface area (Å²) in [5.41, 5.74) is 4.85. The lowest BCUT2D eigenvalue weighted by atomic mass is 10.1. The second-order valence-corrected chi connectivity index (χ2v) is 10.2. The molecule has 0 fully saturated rings. The van der Waals surface area contributed by atoms with Gasteiger partial charge >= 0.3 is 0 Å². The zero-order chi connectivity index (χ0) is 23.3. The van der Waals surface area contributed by atoms with Gasteiger partial charge in [0.05, 0.1) is 16.3 Å². The maximum absolute atomic E-state index is 13.4. The molecule has 1 N–H and O–H groups in total. The second kappa shape index (κ2) is 10.3. The molecule has 0 saturated heterocycles. The fourth-order valence-electron chi connectivity index (χ4n) is 2.94. The lowest BCUT2D eigenvalue weighted by molar-refractivity contribution is -0.119. The number of amides is 1. The quantitative estimate of drug-likeness (QED) is 0.336. The summed E-state index contributed by atoms with van der Waals surface area (Å²) in [6, 6.07) is 20.3. The zero-order valence-corrected chi connectivity index (χ0v) is 20.6. The smallest absolute Gasteiger partial charge is 0.264 e. The van der Waals surface area contributed by atoms with Crippen molar-refractivity contribution >= 4 is 54.9 Å². The van der Waals surface area contributed by atoms with Crippen LogP contribution in [-0.2, 0) is 14.8 Å². The van der Waals surface area contributed by atoms with Gasteiger partial charge in [-0.2, -0.15) is 5.10 Å². The number of hydrazone groups is 1. The van der Waals surface area contributed by atoms with Crippen molar-refractivity contribution in [2.75, 3.05) is 10.8 Å². The van der Waals surface area contributed by atoms with E-state index in [4.69, 9.17) is 11.6 Å². The average Bonchev–Trinajstić information content (AvgIpc) is 2.78. The highest BCUT2D eigenvalue weighted by atomic mass is 79.9. The molecule has 0 bridgehead atoms. The minimum atomic E-state index is -4.02. The molecule has 1 amide bonds. The van der Waals surface area contributed by atoms with Crippen LogP contribution in [-0.4, -0.2) is 26.6 Å². The monoisotopic (exact) mass is 533 g/mol. The molecule has 3 aromatic rings. The first-order valence-corrected chi connectivity index (χ1v) is 12.2. The molecular weight excluding hydrogens is 514 g/mol. The van der Waals surface area contributed by atoms with Gasteiger partial charge in [-0.15, -0.1) is 0 Å². The lowest BCUT2D eigenvalue weighted by Gasteiger charge is -2.25. The predicted octanol–water partition coefficient (Wildman–Crippen LogP) is 5.15. The number of hydrogen-bond donors (Lipinski definition) is 1. The Labute approximate surface area is 201 Å². The van der Waals surface area contributed by atoms with E-state index in [1.165, 1.54) is 18.2 Å². The van der Waals surface area contributed by atoms with Crippen molar-refractivity contribution in [3.05, 3.63) is 93.4 Å². The lowest BCUT2D eigenvalue weighted by Crippen LogP contribution is -2.40. The number of carbonyl (C=O) groups is 1. The van der Waals surface area contributed by atoms with E-state index < -0.39 is 22.5 Å². The molecule has 3 rings (SSSR count). The van der Waals surface area contributed by atoms with Crippen LogP contribution in [0.2, 0.25) is 5.02 Å². The second-order valence-electron chi connectivity index (χ2n) is 6.99. The number of sulfonamides is 1. The Hall–Kier alpha value is -2.68. The van der Waals surface area contributed by atoms with Gasteiger partial charge < -0.3 is 0 Å². The Balaban J connectivity index is 1.90. The largest absolute Gasteiger partial charge is 0.271 e. The summed E-state index contributed by atoms with van der Waals surface area (Å²) in [5, 5.41) is 4.48. The minimum absolute atomic E-state index is 0.0710. The number of benzene rings is 3. The van der Waals surface area contributed by atoms with Gasteiger partial charge in [0.1, 0.15) is 6.54 Å². The Kier molecular flexibility index (Phi) is 7.71. The van der Waals surface area contributed by atoms with Crippen LogP contribution in [0.25, 0.3) is 0 Å². The number of aryl methyl sites for hydroxylation is 1. The van der Waals surface area contributed by atoms with E-state index in [-0.39, 0.29) is 4.90 Å². The zero-order valence-electron chi connectivity index (χ0n) is 17.4. The fourth-order valence-corrected chi connectivity index (χ4v) is 4.87. The van der Waals surface area contributed by atoms with Crippen molar-refractivity contribution in [3.8, 4) is 0 Å². The van der Waals surface area contributed by atoms with Gasteiger partial charge in [-0.05, 0) is 61.4 Å². The molecule has 0 atom stereocenters. The third kappa shape index (κ3) is 5.76. The average molecular weight is 535 g/mol. The van der Waals surface area contributed by atoms with Crippen LogP contribution < -0.4 is 9.73 Å². The molecule has 0 saturated carbocycles. The molecule has 0 aromatic heterocycles. The summed E-state index contributed by atoms with van der Waals surface area (Å²) in [6.45, 7) is 3.05. The molecule has 6 nitrogen and oxygen atoms in total. The van der Waals surface area contributed by atoms with E-state index in [1.54, 1.807) is 44.2 Å². The van der Waals surface area contributed by atoms with Gasteiger partial charge in [0.15, 0.2) is 0 Å². The first-order valence-electron chi connectivity index (χ1n) is 9.61. The molecule has 0 radical (unpaired) electrons. The molecule has 3 aromatic carbocycles. The van der Waals surface area contributed by atoms with Crippen LogP contribution in [0.4, 0.5) is 5.69 Å². The number of halogens is 2. The van der Waals surface area contributed by atoms with Gasteiger partial charge in [0, 0.05) is 9.50 Å². The standard InChI is InChI=1S/C23H21BrClN3O3S/c1-16-8-13-20(25)14-22(16)28(32(30,31)21-6-4-3-5-7-21)15-23(29)27-26-17(2)18-9-11-19(24)12-10-18/h3-14H,15H2,1-2H3,(H,27,29)/b26-17-. The first kappa shape index (κ1) is 24.0. The number of nitrogens with one attached hydrogen (secondary N) is 1. The molecule has 0 heterocycles. The predicted molar refractivity (Wildman–Crippen MR) is 132 cm³/mol. The van der Waals surface area contributed by atoms with Gasteiger partial charge in [-0.1, -0.05) is 63.9 Å². The van der Waals surface area contributed by atoms with Gasteiger partial charge in [0.2, 0.25) is 0 Å². The third-order valence-electron chi connectivity index (χ3n) is 4.67.